The van der Waals surface area contributed by atoms with Crippen LogP contribution in [0.1, 0.15) is 22.3 Å². The van der Waals surface area contributed by atoms with Gasteiger partial charge in [0.1, 0.15) is 12.7 Å². The van der Waals surface area contributed by atoms with Crippen LogP contribution in [0.3, 0.4) is 0 Å². The molecule has 0 saturated carbocycles. The van der Waals surface area contributed by atoms with Gasteiger partial charge in [-0.1, -0.05) is 6.07 Å². The number of rotatable bonds is 5. The van der Waals surface area contributed by atoms with E-state index in [0.717, 1.165) is 5.56 Å². The number of carbonyl (C=O) groups excluding carboxylic acids is 2. The van der Waals surface area contributed by atoms with Gasteiger partial charge in [-0.05, 0) is 24.6 Å². The average molecular weight is 287 g/mol. The first-order chi connectivity index (χ1) is 10.1. The Balaban J connectivity index is 2.01. The molecular formula is C14H17N5O2. The average Bonchev–Trinajstić information content (AvgIpc) is 3.00. The Morgan fingerprint density at radius 1 is 1.33 bits per heavy atom. The maximum Gasteiger partial charge on any atom is 0.251 e. The molecule has 1 heterocycles. The lowest BCUT2D eigenvalue weighted by atomic mass is 10.1. The largest absolute Gasteiger partial charge is 0.355 e. The van der Waals surface area contributed by atoms with Crippen LogP contribution in [0.5, 0.6) is 0 Å². The first kappa shape index (κ1) is 14.7. The third-order valence-corrected chi connectivity index (χ3v) is 3.04. The second-order valence-corrected chi connectivity index (χ2v) is 4.57. The van der Waals surface area contributed by atoms with E-state index in [0.29, 0.717) is 17.8 Å². The van der Waals surface area contributed by atoms with Crippen molar-refractivity contribution < 1.29 is 9.59 Å². The summed E-state index contributed by atoms with van der Waals surface area (Å²) in [5.41, 5.74) is 2.05. The number of aromatic nitrogens is 3. The van der Waals surface area contributed by atoms with E-state index in [2.05, 4.69) is 20.7 Å². The fourth-order valence-corrected chi connectivity index (χ4v) is 1.82. The van der Waals surface area contributed by atoms with Crippen molar-refractivity contribution in [2.24, 2.45) is 0 Å². The molecular weight excluding hydrogens is 270 g/mol. The smallest absolute Gasteiger partial charge is 0.251 e. The lowest BCUT2D eigenvalue weighted by Crippen LogP contribution is -2.19. The number of aryl methyl sites for hydroxylation is 2. The van der Waals surface area contributed by atoms with Crippen molar-refractivity contribution in [1.29, 1.82) is 0 Å². The molecule has 0 radical (unpaired) electrons. The standard InChI is InChI=1S/C14H17N5O2/c1-10-3-4-11(14(21)15-2)7-12(10)18-13(20)5-6-19-9-16-8-17-19/h3-4,7-9H,5-6H2,1-2H3,(H,15,21)(H,18,20). The summed E-state index contributed by atoms with van der Waals surface area (Å²) in [5.74, 6) is -0.323. The van der Waals surface area contributed by atoms with E-state index in [1.54, 1.807) is 36.3 Å². The Hall–Kier alpha value is -2.70. The fourth-order valence-electron chi connectivity index (χ4n) is 1.82. The van der Waals surface area contributed by atoms with Gasteiger partial charge < -0.3 is 10.6 Å². The zero-order valence-electron chi connectivity index (χ0n) is 12.0. The zero-order chi connectivity index (χ0) is 15.2. The topological polar surface area (TPSA) is 88.9 Å². The molecule has 21 heavy (non-hydrogen) atoms. The van der Waals surface area contributed by atoms with Crippen LogP contribution in [0.2, 0.25) is 0 Å². The molecule has 0 fully saturated rings. The van der Waals surface area contributed by atoms with Gasteiger partial charge in [0.05, 0.1) is 6.54 Å². The van der Waals surface area contributed by atoms with Gasteiger partial charge in [0.2, 0.25) is 5.91 Å². The third kappa shape index (κ3) is 3.88. The number of benzene rings is 1. The first-order valence-corrected chi connectivity index (χ1v) is 6.55. The van der Waals surface area contributed by atoms with Gasteiger partial charge in [-0.25, -0.2) is 4.98 Å². The van der Waals surface area contributed by atoms with Gasteiger partial charge >= 0.3 is 0 Å². The van der Waals surface area contributed by atoms with Gasteiger partial charge in [-0.2, -0.15) is 5.10 Å². The Morgan fingerprint density at radius 3 is 2.81 bits per heavy atom. The van der Waals surface area contributed by atoms with Crippen LogP contribution < -0.4 is 10.6 Å². The zero-order valence-corrected chi connectivity index (χ0v) is 12.0. The minimum Gasteiger partial charge on any atom is -0.355 e. The molecule has 2 N–H and O–H groups in total. The highest BCUT2D eigenvalue weighted by Gasteiger charge is 2.09. The first-order valence-electron chi connectivity index (χ1n) is 6.55. The molecule has 7 nitrogen and oxygen atoms in total. The lowest BCUT2D eigenvalue weighted by Gasteiger charge is -2.10. The van der Waals surface area contributed by atoms with E-state index in [-0.39, 0.29) is 18.2 Å². The Kier molecular flexibility index (Phi) is 4.65. The van der Waals surface area contributed by atoms with E-state index >= 15 is 0 Å². The second kappa shape index (κ2) is 6.65. The number of hydrogen-bond donors (Lipinski definition) is 2. The number of nitrogens with zero attached hydrogens (tertiary/aromatic N) is 3. The molecule has 0 aliphatic heterocycles. The summed E-state index contributed by atoms with van der Waals surface area (Å²) in [6.45, 7) is 2.33. The fraction of sp³-hybridized carbons (Fsp3) is 0.286. The highest BCUT2D eigenvalue weighted by molar-refractivity contribution is 5.97. The van der Waals surface area contributed by atoms with E-state index in [1.165, 1.54) is 6.33 Å². The van der Waals surface area contributed by atoms with E-state index < -0.39 is 0 Å². The van der Waals surface area contributed by atoms with Crippen molar-refractivity contribution >= 4 is 17.5 Å². The van der Waals surface area contributed by atoms with Crippen LogP contribution in [-0.2, 0) is 11.3 Å². The summed E-state index contributed by atoms with van der Waals surface area (Å²) in [7, 11) is 1.57. The maximum atomic E-state index is 11.9. The number of anilines is 1. The predicted molar refractivity (Wildman–Crippen MR) is 77.8 cm³/mol. The molecule has 0 unspecified atom stereocenters. The van der Waals surface area contributed by atoms with Crippen molar-refractivity contribution in [1.82, 2.24) is 20.1 Å². The molecule has 0 atom stereocenters. The molecule has 1 aromatic carbocycles. The van der Waals surface area contributed by atoms with Crippen LogP contribution in [0, 0.1) is 6.92 Å². The van der Waals surface area contributed by atoms with Crippen molar-refractivity contribution in [2.45, 2.75) is 19.9 Å². The van der Waals surface area contributed by atoms with E-state index in [4.69, 9.17) is 0 Å². The Labute approximate surface area is 122 Å². The van der Waals surface area contributed by atoms with Crippen molar-refractivity contribution in [3.8, 4) is 0 Å². The molecule has 0 saturated heterocycles. The molecule has 0 aliphatic carbocycles. The van der Waals surface area contributed by atoms with Crippen molar-refractivity contribution in [2.75, 3.05) is 12.4 Å². The summed E-state index contributed by atoms with van der Waals surface area (Å²) in [6.07, 6.45) is 3.27. The highest BCUT2D eigenvalue weighted by Crippen LogP contribution is 2.17. The van der Waals surface area contributed by atoms with Crippen LogP contribution in [0.15, 0.2) is 30.9 Å². The monoisotopic (exact) mass is 287 g/mol. The van der Waals surface area contributed by atoms with Gasteiger partial charge in [0, 0.05) is 24.7 Å². The molecule has 2 rings (SSSR count). The van der Waals surface area contributed by atoms with Crippen LogP contribution in [0.4, 0.5) is 5.69 Å². The molecule has 110 valence electrons. The minimum atomic E-state index is -0.187. The second-order valence-electron chi connectivity index (χ2n) is 4.57. The summed E-state index contributed by atoms with van der Waals surface area (Å²) >= 11 is 0. The normalized spacial score (nSPS) is 10.2. The maximum absolute atomic E-state index is 11.9. The van der Waals surface area contributed by atoms with Crippen LogP contribution >= 0.6 is 0 Å². The molecule has 2 amide bonds. The van der Waals surface area contributed by atoms with E-state index in [9.17, 15) is 9.59 Å². The molecule has 0 aliphatic rings. The van der Waals surface area contributed by atoms with Gasteiger partial charge in [-0.15, -0.1) is 0 Å². The summed E-state index contributed by atoms with van der Waals surface area (Å²) in [5, 5.41) is 9.30. The number of amides is 2. The SMILES string of the molecule is CNC(=O)c1ccc(C)c(NC(=O)CCn2cncn2)c1. The predicted octanol–water partition coefficient (Wildman–Crippen LogP) is 0.975. The number of hydrogen-bond acceptors (Lipinski definition) is 4. The third-order valence-electron chi connectivity index (χ3n) is 3.04. The minimum absolute atomic E-state index is 0.136. The molecule has 0 bridgehead atoms. The van der Waals surface area contributed by atoms with Gasteiger partial charge in [0.25, 0.3) is 5.91 Å². The Bertz CT molecular complexity index is 637. The molecule has 1 aromatic heterocycles. The van der Waals surface area contributed by atoms with Crippen LogP contribution in [-0.4, -0.2) is 33.6 Å². The Morgan fingerprint density at radius 2 is 2.14 bits per heavy atom. The molecule has 7 heteroatoms. The quantitative estimate of drug-likeness (QED) is 0.857. The summed E-state index contributed by atoms with van der Waals surface area (Å²) in [4.78, 5) is 27.4. The van der Waals surface area contributed by atoms with Crippen molar-refractivity contribution in [3.63, 3.8) is 0 Å². The van der Waals surface area contributed by atoms with Crippen LogP contribution in [0.25, 0.3) is 0 Å². The number of carbonyl (C=O) groups is 2. The summed E-state index contributed by atoms with van der Waals surface area (Å²) in [6, 6.07) is 5.19. The molecule has 0 spiro atoms. The highest BCUT2D eigenvalue weighted by atomic mass is 16.2. The lowest BCUT2D eigenvalue weighted by molar-refractivity contribution is -0.116. The summed E-state index contributed by atoms with van der Waals surface area (Å²) < 4.78 is 1.59. The number of nitrogens with one attached hydrogen (secondary N) is 2. The van der Waals surface area contributed by atoms with E-state index in [1.807, 2.05) is 6.92 Å². The van der Waals surface area contributed by atoms with Gasteiger partial charge in [-0.3, -0.25) is 14.3 Å². The molecule has 2 aromatic rings. The van der Waals surface area contributed by atoms with Crippen molar-refractivity contribution in [3.05, 3.63) is 42.0 Å². The van der Waals surface area contributed by atoms with Gasteiger partial charge in [0.15, 0.2) is 0 Å².